The number of carbonyl (C=O) groups is 1. The highest BCUT2D eigenvalue weighted by Gasteiger charge is 1.82. The average Bonchev–Trinajstić information content (AvgIpc) is 2.35. The number of aliphatic carboxylic acids is 1. The third-order valence-corrected chi connectivity index (χ3v) is 2.33. The van der Waals surface area contributed by atoms with Crippen LogP contribution in [0.5, 0.6) is 0 Å². The summed E-state index contributed by atoms with van der Waals surface area (Å²) in [4.78, 5) is 9.00. The van der Waals surface area contributed by atoms with Gasteiger partial charge in [-0.25, -0.2) is 0 Å². The summed E-state index contributed by atoms with van der Waals surface area (Å²) < 4.78 is 0. The van der Waals surface area contributed by atoms with Crippen LogP contribution in [0.25, 0.3) is 0 Å². The van der Waals surface area contributed by atoms with Gasteiger partial charge in [0, 0.05) is 13.5 Å². The molecule has 0 aromatic carbocycles. The van der Waals surface area contributed by atoms with Gasteiger partial charge in [0.1, 0.15) is 0 Å². The number of aliphatic hydroxyl groups excluding tert-OH is 1. The van der Waals surface area contributed by atoms with Crippen LogP contribution in [0.4, 0.5) is 0 Å². The molecule has 2 N–H and O–H groups in total. The minimum Gasteiger partial charge on any atom is -0.481 e. The summed E-state index contributed by atoms with van der Waals surface area (Å²) in [5, 5.41) is 16.0. The highest BCUT2D eigenvalue weighted by Crippen LogP contribution is 2.02. The van der Waals surface area contributed by atoms with Crippen LogP contribution in [0.3, 0.4) is 0 Å². The predicted octanol–water partition coefficient (Wildman–Crippen LogP) is 4.32. The zero-order valence-electron chi connectivity index (χ0n) is 12.5. The number of allylic oxidation sites excluding steroid dienone is 4. The van der Waals surface area contributed by atoms with E-state index in [1.165, 1.54) is 38.5 Å². The van der Waals surface area contributed by atoms with Crippen LogP contribution < -0.4 is 0 Å². The summed E-state index contributed by atoms with van der Waals surface area (Å²) in [6, 6.07) is 0. The minimum absolute atomic E-state index is 0.310. The largest absolute Gasteiger partial charge is 0.481 e. The lowest BCUT2D eigenvalue weighted by atomic mass is 10.2. The van der Waals surface area contributed by atoms with Gasteiger partial charge in [0.25, 0.3) is 5.97 Å². The van der Waals surface area contributed by atoms with E-state index >= 15 is 0 Å². The molecule has 0 aliphatic heterocycles. The number of unbranched alkanes of at least 4 members (excludes halogenated alkanes) is 5. The van der Waals surface area contributed by atoms with Crippen LogP contribution in [-0.4, -0.2) is 22.8 Å². The fourth-order valence-electron chi connectivity index (χ4n) is 1.36. The van der Waals surface area contributed by atoms with Gasteiger partial charge in [0.2, 0.25) is 0 Å². The Morgan fingerprint density at radius 2 is 1.26 bits per heavy atom. The van der Waals surface area contributed by atoms with Gasteiger partial charge in [0.15, 0.2) is 0 Å². The van der Waals surface area contributed by atoms with E-state index in [4.69, 9.17) is 15.0 Å². The Balaban J connectivity index is 0. The molecule has 0 aromatic rings. The van der Waals surface area contributed by atoms with Crippen molar-refractivity contribution in [1.29, 1.82) is 0 Å². The Hall–Kier alpha value is -1.09. The van der Waals surface area contributed by atoms with Crippen molar-refractivity contribution in [1.82, 2.24) is 0 Å². The summed E-state index contributed by atoms with van der Waals surface area (Å²) in [5.74, 6) is -0.833. The van der Waals surface area contributed by atoms with E-state index in [1.54, 1.807) is 0 Å². The van der Waals surface area contributed by atoms with Crippen LogP contribution in [0.1, 0.15) is 65.2 Å². The molecular weight excluding hydrogens is 240 g/mol. The molecule has 0 rings (SSSR count). The zero-order chi connectivity index (χ0) is 14.8. The van der Waals surface area contributed by atoms with Crippen molar-refractivity contribution < 1.29 is 15.0 Å². The monoisotopic (exact) mass is 270 g/mol. The van der Waals surface area contributed by atoms with Gasteiger partial charge in [-0.15, -0.1) is 0 Å². The normalized spacial score (nSPS) is 10.7. The van der Waals surface area contributed by atoms with Gasteiger partial charge in [-0.2, -0.15) is 0 Å². The van der Waals surface area contributed by atoms with E-state index in [0.29, 0.717) is 6.61 Å². The zero-order valence-corrected chi connectivity index (χ0v) is 12.5. The van der Waals surface area contributed by atoms with Gasteiger partial charge < -0.3 is 10.2 Å². The molecule has 0 heterocycles. The number of carboxylic acid groups (broad SMARTS) is 1. The fourth-order valence-corrected chi connectivity index (χ4v) is 1.36. The molecule has 0 fully saturated rings. The average molecular weight is 270 g/mol. The standard InChI is InChI=1S/C14H26O.C2H4O2/c1-2-3-4-5-6-7-8-9-10-11-12-13-14-15;1-2(3)4/h5-6,10-11,15H,2-4,7-9,12-14H2,1H3;1H3,(H,3,4). The molecule has 0 aromatic heterocycles. The second-order valence-electron chi connectivity index (χ2n) is 4.40. The summed E-state index contributed by atoms with van der Waals surface area (Å²) in [7, 11) is 0. The number of aliphatic hydroxyl groups is 1. The van der Waals surface area contributed by atoms with Crippen molar-refractivity contribution in [2.24, 2.45) is 0 Å². The number of hydrogen-bond acceptors (Lipinski definition) is 2. The van der Waals surface area contributed by atoms with E-state index in [-0.39, 0.29) is 0 Å². The van der Waals surface area contributed by atoms with Crippen molar-refractivity contribution >= 4 is 5.97 Å². The molecule has 112 valence electrons. The van der Waals surface area contributed by atoms with Crippen LogP contribution in [0, 0.1) is 0 Å². The quantitative estimate of drug-likeness (QED) is 0.459. The lowest BCUT2D eigenvalue weighted by Crippen LogP contribution is -1.78. The van der Waals surface area contributed by atoms with E-state index in [0.717, 1.165) is 19.8 Å². The van der Waals surface area contributed by atoms with E-state index in [9.17, 15) is 0 Å². The predicted molar refractivity (Wildman–Crippen MR) is 81.3 cm³/mol. The smallest absolute Gasteiger partial charge is 0.300 e. The molecule has 0 unspecified atom stereocenters. The maximum Gasteiger partial charge on any atom is 0.300 e. The van der Waals surface area contributed by atoms with Crippen LogP contribution >= 0.6 is 0 Å². The molecule has 3 heteroatoms. The molecule has 0 spiro atoms. The Bertz CT molecular complexity index is 210. The Morgan fingerprint density at radius 3 is 1.63 bits per heavy atom. The van der Waals surface area contributed by atoms with Gasteiger partial charge in [-0.05, 0) is 38.5 Å². The van der Waals surface area contributed by atoms with Gasteiger partial charge in [-0.3, -0.25) is 4.79 Å². The molecule has 0 atom stereocenters. The van der Waals surface area contributed by atoms with E-state index in [2.05, 4.69) is 31.2 Å². The summed E-state index contributed by atoms with van der Waals surface area (Å²) >= 11 is 0. The third kappa shape index (κ3) is 31.6. The molecule has 0 bridgehead atoms. The van der Waals surface area contributed by atoms with Crippen molar-refractivity contribution in [2.45, 2.75) is 65.2 Å². The van der Waals surface area contributed by atoms with Gasteiger partial charge in [-0.1, -0.05) is 44.1 Å². The van der Waals surface area contributed by atoms with Crippen LogP contribution in [-0.2, 0) is 4.79 Å². The first-order valence-electron chi connectivity index (χ1n) is 7.25. The molecule has 0 radical (unpaired) electrons. The first kappa shape index (κ1) is 20.2. The van der Waals surface area contributed by atoms with E-state index in [1.807, 2.05) is 0 Å². The van der Waals surface area contributed by atoms with Gasteiger partial charge in [0.05, 0.1) is 0 Å². The minimum atomic E-state index is -0.833. The molecule has 0 aliphatic rings. The summed E-state index contributed by atoms with van der Waals surface area (Å²) in [6.07, 6.45) is 18.4. The van der Waals surface area contributed by atoms with Crippen molar-refractivity contribution in [3.8, 4) is 0 Å². The first-order chi connectivity index (χ1) is 9.15. The molecular formula is C16H30O3. The number of hydrogen-bond donors (Lipinski definition) is 2. The maximum atomic E-state index is 9.00. The van der Waals surface area contributed by atoms with Crippen molar-refractivity contribution in [2.75, 3.05) is 6.61 Å². The highest BCUT2D eigenvalue weighted by molar-refractivity contribution is 5.62. The molecule has 0 saturated carbocycles. The van der Waals surface area contributed by atoms with Crippen molar-refractivity contribution in [3.05, 3.63) is 24.3 Å². The Labute approximate surface area is 118 Å². The highest BCUT2D eigenvalue weighted by atomic mass is 16.4. The summed E-state index contributed by atoms with van der Waals surface area (Å²) in [5.41, 5.74) is 0. The maximum absolute atomic E-state index is 9.00. The molecule has 3 nitrogen and oxygen atoms in total. The number of rotatable bonds is 10. The van der Waals surface area contributed by atoms with Crippen LogP contribution in [0.2, 0.25) is 0 Å². The number of carboxylic acids is 1. The Kier molecular flexibility index (Phi) is 20.5. The Morgan fingerprint density at radius 1 is 0.895 bits per heavy atom. The molecule has 0 amide bonds. The van der Waals surface area contributed by atoms with Crippen LogP contribution in [0.15, 0.2) is 24.3 Å². The molecule has 0 aliphatic carbocycles. The second-order valence-corrected chi connectivity index (χ2v) is 4.40. The SMILES string of the molecule is CC(=O)O.CCCCC=CCCCC=CCCCO. The lowest BCUT2D eigenvalue weighted by molar-refractivity contribution is -0.134. The first-order valence-corrected chi connectivity index (χ1v) is 7.25. The van der Waals surface area contributed by atoms with Gasteiger partial charge >= 0.3 is 0 Å². The topological polar surface area (TPSA) is 57.5 Å². The van der Waals surface area contributed by atoms with Crippen molar-refractivity contribution in [3.63, 3.8) is 0 Å². The summed E-state index contributed by atoms with van der Waals surface area (Å²) in [6.45, 7) is 3.62. The third-order valence-electron chi connectivity index (χ3n) is 2.33. The molecule has 19 heavy (non-hydrogen) atoms. The molecule has 0 saturated heterocycles. The fraction of sp³-hybridized carbons (Fsp3) is 0.688. The lowest BCUT2D eigenvalue weighted by Gasteiger charge is -1.92. The second kappa shape index (κ2) is 19.3. The van der Waals surface area contributed by atoms with E-state index < -0.39 is 5.97 Å².